The number of hydrogen-bond donors (Lipinski definition) is 2. The number of carbonyl (C=O) groups is 2. The van der Waals surface area contributed by atoms with Crippen LogP contribution in [-0.2, 0) is 11.2 Å². The number of benzene rings is 2. The van der Waals surface area contributed by atoms with Gasteiger partial charge in [-0.15, -0.1) is 0 Å². The number of amides is 1. The quantitative estimate of drug-likeness (QED) is 0.897. The highest BCUT2D eigenvalue weighted by Gasteiger charge is 2.16. The molecule has 0 spiro atoms. The Labute approximate surface area is 131 Å². The number of rotatable bonds is 4. The van der Waals surface area contributed by atoms with Crippen molar-refractivity contribution in [2.75, 3.05) is 5.32 Å². The van der Waals surface area contributed by atoms with E-state index in [4.69, 9.17) is 28.3 Å². The third-order valence-corrected chi connectivity index (χ3v) is 3.43. The zero-order valence-corrected chi connectivity index (χ0v) is 12.3. The van der Waals surface area contributed by atoms with Gasteiger partial charge < -0.3 is 10.4 Å². The number of halogens is 2. The molecule has 0 fully saturated rings. The minimum atomic E-state index is -0.979. The molecule has 0 unspecified atom stereocenters. The van der Waals surface area contributed by atoms with E-state index in [0.29, 0.717) is 11.3 Å². The molecule has 0 aromatic heterocycles. The van der Waals surface area contributed by atoms with Crippen LogP contribution in [0.1, 0.15) is 15.9 Å². The molecule has 2 rings (SSSR count). The van der Waals surface area contributed by atoms with Gasteiger partial charge in [-0.05, 0) is 23.8 Å². The Morgan fingerprint density at radius 1 is 1.00 bits per heavy atom. The van der Waals surface area contributed by atoms with Crippen LogP contribution in [0.25, 0.3) is 0 Å². The third kappa shape index (κ3) is 3.74. The molecule has 0 aliphatic rings. The number of carboxylic acid groups (broad SMARTS) is 1. The summed E-state index contributed by atoms with van der Waals surface area (Å²) in [5, 5.41) is 12.0. The average molecular weight is 324 g/mol. The van der Waals surface area contributed by atoms with Crippen LogP contribution in [0.5, 0.6) is 0 Å². The maximum atomic E-state index is 12.3. The highest BCUT2D eigenvalue weighted by molar-refractivity contribution is 6.40. The lowest BCUT2D eigenvalue weighted by molar-refractivity contribution is -0.136. The molecular weight excluding hydrogens is 313 g/mol. The molecule has 6 heteroatoms. The number of para-hydroxylation sites is 1. The second-order valence-electron chi connectivity index (χ2n) is 4.28. The van der Waals surface area contributed by atoms with Crippen molar-refractivity contribution >= 4 is 40.8 Å². The van der Waals surface area contributed by atoms with Gasteiger partial charge in [0.15, 0.2) is 0 Å². The Hall–Kier alpha value is -2.04. The maximum absolute atomic E-state index is 12.3. The summed E-state index contributed by atoms with van der Waals surface area (Å²) < 4.78 is 0. The first-order valence-corrected chi connectivity index (χ1v) is 6.79. The molecular formula is C15H11Cl2NO3. The van der Waals surface area contributed by atoms with Crippen molar-refractivity contribution in [2.45, 2.75) is 6.42 Å². The topological polar surface area (TPSA) is 66.4 Å². The van der Waals surface area contributed by atoms with E-state index in [1.165, 1.54) is 0 Å². The number of nitrogens with one attached hydrogen (secondary N) is 1. The van der Waals surface area contributed by atoms with Gasteiger partial charge >= 0.3 is 5.97 Å². The lowest BCUT2D eigenvalue weighted by Gasteiger charge is -2.11. The van der Waals surface area contributed by atoms with E-state index in [-0.39, 0.29) is 22.0 Å². The minimum Gasteiger partial charge on any atom is -0.481 e. The van der Waals surface area contributed by atoms with Crippen LogP contribution in [0.4, 0.5) is 5.69 Å². The molecule has 4 nitrogen and oxygen atoms in total. The van der Waals surface area contributed by atoms with Crippen molar-refractivity contribution in [1.82, 2.24) is 0 Å². The van der Waals surface area contributed by atoms with Gasteiger partial charge in [-0.3, -0.25) is 9.59 Å². The van der Waals surface area contributed by atoms with Gasteiger partial charge in [0.05, 0.1) is 22.0 Å². The molecule has 0 aliphatic heterocycles. The molecule has 1 amide bonds. The Morgan fingerprint density at radius 2 is 1.62 bits per heavy atom. The Bertz CT molecular complexity index is 681. The second kappa shape index (κ2) is 6.61. The summed E-state index contributed by atoms with van der Waals surface area (Å²) in [6, 6.07) is 11.4. The zero-order valence-electron chi connectivity index (χ0n) is 10.8. The molecule has 0 aliphatic carbocycles. The van der Waals surface area contributed by atoms with Crippen molar-refractivity contribution in [3.05, 3.63) is 63.6 Å². The largest absolute Gasteiger partial charge is 0.481 e. The molecule has 0 saturated heterocycles. The fourth-order valence-electron chi connectivity index (χ4n) is 1.86. The molecule has 21 heavy (non-hydrogen) atoms. The summed E-state index contributed by atoms with van der Waals surface area (Å²) in [6.45, 7) is 0. The highest BCUT2D eigenvalue weighted by Crippen LogP contribution is 2.26. The number of aliphatic carboxylic acids is 1. The van der Waals surface area contributed by atoms with Gasteiger partial charge in [0.25, 0.3) is 5.91 Å². The summed E-state index contributed by atoms with van der Waals surface area (Å²) in [6.07, 6.45) is -0.188. The summed E-state index contributed by atoms with van der Waals surface area (Å²) in [5.41, 5.74) is 1.08. The second-order valence-corrected chi connectivity index (χ2v) is 5.09. The maximum Gasteiger partial charge on any atom is 0.307 e. The van der Waals surface area contributed by atoms with Crippen LogP contribution in [0.2, 0.25) is 10.0 Å². The van der Waals surface area contributed by atoms with Gasteiger partial charge in [-0.1, -0.05) is 47.5 Å². The van der Waals surface area contributed by atoms with E-state index >= 15 is 0 Å². The standard InChI is InChI=1S/C15H11Cl2NO3/c16-10-5-3-6-11(17)14(10)15(21)18-12-7-2-1-4-9(12)8-13(19)20/h1-7H,8H2,(H,18,21)(H,19,20). The van der Waals surface area contributed by atoms with Crippen LogP contribution in [-0.4, -0.2) is 17.0 Å². The normalized spacial score (nSPS) is 10.2. The number of hydrogen-bond acceptors (Lipinski definition) is 2. The average Bonchev–Trinajstić information content (AvgIpc) is 2.40. The van der Waals surface area contributed by atoms with Gasteiger partial charge in [-0.2, -0.15) is 0 Å². The van der Waals surface area contributed by atoms with Gasteiger partial charge in [0.1, 0.15) is 0 Å². The Morgan fingerprint density at radius 3 is 2.24 bits per heavy atom. The molecule has 0 radical (unpaired) electrons. The van der Waals surface area contributed by atoms with E-state index in [2.05, 4.69) is 5.32 Å². The first-order valence-electron chi connectivity index (χ1n) is 6.04. The van der Waals surface area contributed by atoms with Gasteiger partial charge in [0, 0.05) is 5.69 Å². The van der Waals surface area contributed by atoms with Crippen molar-refractivity contribution in [3.8, 4) is 0 Å². The highest BCUT2D eigenvalue weighted by atomic mass is 35.5. The van der Waals surface area contributed by atoms with E-state index in [1.54, 1.807) is 42.5 Å². The first-order chi connectivity index (χ1) is 9.99. The van der Waals surface area contributed by atoms with Crippen molar-refractivity contribution in [3.63, 3.8) is 0 Å². The number of anilines is 1. The van der Waals surface area contributed by atoms with Crippen molar-refractivity contribution < 1.29 is 14.7 Å². The van der Waals surface area contributed by atoms with Crippen LogP contribution in [0.3, 0.4) is 0 Å². The molecule has 0 atom stereocenters. The molecule has 2 aromatic rings. The summed E-state index contributed by atoms with van der Waals surface area (Å²) in [4.78, 5) is 23.1. The van der Waals surface area contributed by atoms with E-state index in [1.807, 2.05) is 0 Å². The molecule has 108 valence electrons. The molecule has 2 aromatic carbocycles. The fraction of sp³-hybridized carbons (Fsp3) is 0.0667. The monoisotopic (exact) mass is 323 g/mol. The van der Waals surface area contributed by atoms with Crippen LogP contribution in [0.15, 0.2) is 42.5 Å². The van der Waals surface area contributed by atoms with E-state index in [0.717, 1.165) is 0 Å². The summed E-state index contributed by atoms with van der Waals surface area (Å²) in [5.74, 6) is -1.46. The van der Waals surface area contributed by atoms with Crippen LogP contribution < -0.4 is 5.32 Å². The van der Waals surface area contributed by atoms with Crippen LogP contribution in [0, 0.1) is 0 Å². The molecule has 2 N–H and O–H groups in total. The molecule has 0 heterocycles. The predicted octanol–water partition coefficient (Wildman–Crippen LogP) is 3.87. The van der Waals surface area contributed by atoms with E-state index < -0.39 is 11.9 Å². The number of carboxylic acids is 1. The molecule has 0 bridgehead atoms. The van der Waals surface area contributed by atoms with Crippen molar-refractivity contribution in [1.29, 1.82) is 0 Å². The SMILES string of the molecule is O=C(O)Cc1ccccc1NC(=O)c1c(Cl)cccc1Cl. The number of carbonyl (C=O) groups excluding carboxylic acids is 1. The third-order valence-electron chi connectivity index (χ3n) is 2.80. The van der Waals surface area contributed by atoms with Gasteiger partial charge in [-0.25, -0.2) is 0 Å². The van der Waals surface area contributed by atoms with Crippen molar-refractivity contribution in [2.24, 2.45) is 0 Å². The minimum absolute atomic E-state index is 0.158. The first kappa shape index (κ1) is 15.4. The van der Waals surface area contributed by atoms with E-state index in [9.17, 15) is 9.59 Å². The fourth-order valence-corrected chi connectivity index (χ4v) is 2.43. The lowest BCUT2D eigenvalue weighted by atomic mass is 10.1. The predicted molar refractivity (Wildman–Crippen MR) is 82.2 cm³/mol. The Balaban J connectivity index is 2.30. The van der Waals surface area contributed by atoms with Crippen LogP contribution >= 0.6 is 23.2 Å². The zero-order chi connectivity index (χ0) is 15.4. The summed E-state index contributed by atoms with van der Waals surface area (Å²) >= 11 is 12.0. The Kier molecular flexibility index (Phi) is 4.83. The summed E-state index contributed by atoms with van der Waals surface area (Å²) in [7, 11) is 0. The lowest BCUT2D eigenvalue weighted by Crippen LogP contribution is -2.15. The smallest absolute Gasteiger partial charge is 0.307 e. The molecule has 0 saturated carbocycles. The van der Waals surface area contributed by atoms with Gasteiger partial charge in [0.2, 0.25) is 0 Å².